The summed E-state index contributed by atoms with van der Waals surface area (Å²) in [6.07, 6.45) is 0.340. The first-order valence-corrected chi connectivity index (χ1v) is 8.48. The zero-order chi connectivity index (χ0) is 18.1. The highest BCUT2D eigenvalue weighted by Gasteiger charge is 2.18. The molecule has 0 radical (unpaired) electrons. The number of carbonyl (C=O) groups excluding carboxylic acids is 1. The van der Waals surface area contributed by atoms with Gasteiger partial charge in [0.05, 0.1) is 40.8 Å². The van der Waals surface area contributed by atoms with Gasteiger partial charge in [-0.1, -0.05) is 18.2 Å². The molecule has 2 N–H and O–H groups in total. The number of rotatable bonds is 9. The van der Waals surface area contributed by atoms with Crippen molar-refractivity contribution in [2.75, 3.05) is 34.4 Å². The fourth-order valence-corrected chi connectivity index (χ4v) is 2.57. The van der Waals surface area contributed by atoms with Gasteiger partial charge in [0.2, 0.25) is 5.91 Å². The number of nitrogens with one attached hydrogen (secondary N) is 2. The fraction of sp³-hybridized carbons (Fsp3) is 0.350. The number of likely N-dealkylation sites (N-methyl/N-ethyl adjacent to an activating group) is 1. The number of quaternary nitrogens is 1. The molecule has 0 saturated carbocycles. The fourth-order valence-electron chi connectivity index (χ4n) is 2.57. The first kappa shape index (κ1) is 18.8. The predicted molar refractivity (Wildman–Crippen MR) is 98.1 cm³/mol. The van der Waals surface area contributed by atoms with Crippen molar-refractivity contribution in [3.05, 3.63) is 60.2 Å². The number of para-hydroxylation sites is 1. The van der Waals surface area contributed by atoms with Gasteiger partial charge in [-0.05, 0) is 36.4 Å². The largest absolute Gasteiger partial charge is 0.497 e. The highest BCUT2D eigenvalue weighted by molar-refractivity contribution is 5.76. The molecule has 0 spiro atoms. The standard InChI is InChI=1S/C20H26N2O3/c1-22(2)19(16-9-11-17(24-3)12-10-16)15-21-20(23)13-14-25-18-7-5-4-6-8-18/h4-12,19H,13-15H2,1-3H3,(H,21,23)/p+1/t19-/m0/s1. The SMILES string of the molecule is COc1ccc([C@H](CNC(=O)CCOc2ccccc2)[NH+](C)C)cc1. The summed E-state index contributed by atoms with van der Waals surface area (Å²) in [7, 11) is 5.82. The van der Waals surface area contributed by atoms with Crippen molar-refractivity contribution in [1.82, 2.24) is 5.32 Å². The summed E-state index contributed by atoms with van der Waals surface area (Å²) in [5.41, 5.74) is 1.17. The maximum atomic E-state index is 12.1. The minimum absolute atomic E-state index is 0.00399. The molecule has 2 rings (SSSR count). The normalized spacial score (nSPS) is 11.8. The quantitative estimate of drug-likeness (QED) is 0.725. The van der Waals surface area contributed by atoms with Crippen LogP contribution in [0.5, 0.6) is 11.5 Å². The average Bonchev–Trinajstić information content (AvgIpc) is 2.63. The highest BCUT2D eigenvalue weighted by Crippen LogP contribution is 2.15. The molecule has 2 aromatic carbocycles. The molecule has 134 valence electrons. The zero-order valence-electron chi connectivity index (χ0n) is 15.1. The Morgan fingerprint density at radius 3 is 2.32 bits per heavy atom. The van der Waals surface area contributed by atoms with Gasteiger partial charge in [0.1, 0.15) is 17.5 Å². The summed E-state index contributed by atoms with van der Waals surface area (Å²) in [5.74, 6) is 1.61. The molecule has 25 heavy (non-hydrogen) atoms. The molecule has 0 unspecified atom stereocenters. The van der Waals surface area contributed by atoms with E-state index in [1.165, 1.54) is 10.5 Å². The minimum Gasteiger partial charge on any atom is -0.497 e. The number of benzene rings is 2. The van der Waals surface area contributed by atoms with Gasteiger partial charge in [-0.2, -0.15) is 0 Å². The number of hydrogen-bond acceptors (Lipinski definition) is 3. The van der Waals surface area contributed by atoms with E-state index >= 15 is 0 Å². The van der Waals surface area contributed by atoms with E-state index in [0.29, 0.717) is 19.6 Å². The van der Waals surface area contributed by atoms with Gasteiger partial charge >= 0.3 is 0 Å². The van der Waals surface area contributed by atoms with Crippen molar-refractivity contribution in [1.29, 1.82) is 0 Å². The first-order chi connectivity index (χ1) is 12.1. The topological polar surface area (TPSA) is 52.0 Å². The van der Waals surface area contributed by atoms with E-state index < -0.39 is 0 Å². The summed E-state index contributed by atoms with van der Waals surface area (Å²) >= 11 is 0. The molecule has 0 aliphatic heterocycles. The average molecular weight is 343 g/mol. The van der Waals surface area contributed by atoms with Crippen molar-refractivity contribution < 1.29 is 19.2 Å². The van der Waals surface area contributed by atoms with E-state index in [0.717, 1.165) is 11.5 Å². The van der Waals surface area contributed by atoms with Gasteiger partial charge in [0, 0.05) is 5.56 Å². The van der Waals surface area contributed by atoms with E-state index in [9.17, 15) is 4.79 Å². The zero-order valence-corrected chi connectivity index (χ0v) is 15.1. The Balaban J connectivity index is 1.80. The van der Waals surface area contributed by atoms with Gasteiger partial charge in [0.25, 0.3) is 0 Å². The third-order valence-corrected chi connectivity index (χ3v) is 4.06. The molecule has 0 fully saturated rings. The van der Waals surface area contributed by atoms with Crippen molar-refractivity contribution in [2.45, 2.75) is 12.5 Å². The third-order valence-electron chi connectivity index (χ3n) is 4.06. The van der Waals surface area contributed by atoms with Crippen LogP contribution in [-0.4, -0.2) is 40.3 Å². The smallest absolute Gasteiger partial charge is 0.223 e. The molecule has 0 aliphatic rings. The number of hydrogen-bond donors (Lipinski definition) is 2. The van der Waals surface area contributed by atoms with Crippen LogP contribution in [0.4, 0.5) is 0 Å². The van der Waals surface area contributed by atoms with Crippen molar-refractivity contribution in [2.24, 2.45) is 0 Å². The van der Waals surface area contributed by atoms with E-state index in [1.807, 2.05) is 54.6 Å². The highest BCUT2D eigenvalue weighted by atomic mass is 16.5. The molecule has 5 heteroatoms. The Morgan fingerprint density at radius 2 is 1.72 bits per heavy atom. The second kappa shape index (κ2) is 9.69. The molecule has 0 aromatic heterocycles. The lowest BCUT2D eigenvalue weighted by molar-refractivity contribution is -0.890. The molecule has 0 saturated heterocycles. The lowest BCUT2D eigenvalue weighted by Crippen LogP contribution is -3.07. The van der Waals surface area contributed by atoms with Crippen LogP contribution in [0.3, 0.4) is 0 Å². The van der Waals surface area contributed by atoms with Gasteiger partial charge in [-0.3, -0.25) is 4.79 Å². The van der Waals surface area contributed by atoms with Crippen LogP contribution in [0.1, 0.15) is 18.0 Å². The first-order valence-electron chi connectivity index (χ1n) is 8.48. The van der Waals surface area contributed by atoms with Gasteiger partial charge in [-0.25, -0.2) is 0 Å². The summed E-state index contributed by atoms with van der Waals surface area (Å²) in [5, 5.41) is 3.01. The Bertz CT molecular complexity index is 642. The van der Waals surface area contributed by atoms with Gasteiger partial charge in [0.15, 0.2) is 0 Å². The van der Waals surface area contributed by atoms with Crippen LogP contribution in [0.2, 0.25) is 0 Å². The summed E-state index contributed by atoms with van der Waals surface area (Å²) in [6, 6.07) is 17.7. The molecular weight excluding hydrogens is 316 g/mol. The number of methoxy groups -OCH3 is 1. The monoisotopic (exact) mass is 343 g/mol. The molecule has 5 nitrogen and oxygen atoms in total. The van der Waals surface area contributed by atoms with Crippen molar-refractivity contribution in [3.8, 4) is 11.5 Å². The van der Waals surface area contributed by atoms with Crippen LogP contribution in [0, 0.1) is 0 Å². The van der Waals surface area contributed by atoms with E-state index in [1.54, 1.807) is 7.11 Å². The lowest BCUT2D eigenvalue weighted by atomic mass is 10.1. The number of ether oxygens (including phenoxy) is 2. The van der Waals surface area contributed by atoms with Crippen LogP contribution in [-0.2, 0) is 4.79 Å². The molecule has 0 bridgehead atoms. The molecule has 0 aliphatic carbocycles. The van der Waals surface area contributed by atoms with Crippen LogP contribution < -0.4 is 19.7 Å². The Morgan fingerprint density at radius 1 is 1.04 bits per heavy atom. The predicted octanol–water partition coefficient (Wildman–Crippen LogP) is 1.47. The van der Waals surface area contributed by atoms with E-state index in [4.69, 9.17) is 9.47 Å². The summed E-state index contributed by atoms with van der Waals surface area (Å²) in [6.45, 7) is 0.955. The van der Waals surface area contributed by atoms with Gasteiger partial charge in [-0.15, -0.1) is 0 Å². The molecular formula is C20H27N2O3+. The van der Waals surface area contributed by atoms with E-state index in [2.05, 4.69) is 19.4 Å². The van der Waals surface area contributed by atoms with Crippen molar-refractivity contribution >= 4 is 5.91 Å². The maximum absolute atomic E-state index is 12.1. The lowest BCUT2D eigenvalue weighted by Gasteiger charge is -2.22. The Labute approximate surface area is 149 Å². The number of amides is 1. The second-order valence-corrected chi connectivity index (χ2v) is 6.12. The van der Waals surface area contributed by atoms with Crippen LogP contribution >= 0.6 is 0 Å². The van der Waals surface area contributed by atoms with E-state index in [-0.39, 0.29) is 11.9 Å². The van der Waals surface area contributed by atoms with Gasteiger partial charge < -0.3 is 19.7 Å². The second-order valence-electron chi connectivity index (χ2n) is 6.12. The molecule has 1 atom stereocenters. The maximum Gasteiger partial charge on any atom is 0.223 e. The Kier molecular flexibility index (Phi) is 7.29. The minimum atomic E-state index is -0.00399. The Hall–Kier alpha value is -2.53. The summed E-state index contributed by atoms with van der Waals surface area (Å²) < 4.78 is 10.8. The molecule has 0 heterocycles. The van der Waals surface area contributed by atoms with Crippen molar-refractivity contribution in [3.63, 3.8) is 0 Å². The molecule has 2 aromatic rings. The van der Waals surface area contributed by atoms with Crippen LogP contribution in [0.15, 0.2) is 54.6 Å². The molecule has 1 amide bonds. The number of carbonyl (C=O) groups is 1. The third kappa shape index (κ3) is 6.12. The summed E-state index contributed by atoms with van der Waals surface area (Å²) in [4.78, 5) is 13.3. The van der Waals surface area contributed by atoms with Crippen LogP contribution in [0.25, 0.3) is 0 Å².